The first-order valence-electron chi connectivity index (χ1n) is 3.55. The molecule has 0 saturated carbocycles. The van der Waals surface area contributed by atoms with E-state index < -0.39 is 5.97 Å². The third kappa shape index (κ3) is 3.78. The molecule has 0 aliphatic carbocycles. The molecule has 3 heteroatoms. The second kappa shape index (κ2) is 4.91. The molecule has 0 aliphatic heterocycles. The van der Waals surface area contributed by atoms with E-state index in [1.807, 2.05) is 6.92 Å². The van der Waals surface area contributed by atoms with Crippen LogP contribution in [0.4, 0.5) is 0 Å². The summed E-state index contributed by atoms with van der Waals surface area (Å²) >= 11 is 0. The van der Waals surface area contributed by atoms with E-state index in [4.69, 9.17) is 9.84 Å². The Hall–Kier alpha value is -0.830. The van der Waals surface area contributed by atoms with Crippen molar-refractivity contribution in [2.24, 2.45) is 0 Å². The van der Waals surface area contributed by atoms with Crippen LogP contribution in [0.15, 0.2) is 11.6 Å². The number of carbonyl (C=O) groups is 1. The summed E-state index contributed by atoms with van der Waals surface area (Å²) in [7, 11) is 1.58. The molecule has 1 N–H and O–H groups in total. The molecule has 3 nitrogen and oxygen atoms in total. The maximum absolute atomic E-state index is 10.2. The molecule has 0 aliphatic rings. The smallest absolute Gasteiger partial charge is 0.328 e. The zero-order valence-corrected chi connectivity index (χ0v) is 7.13. The quantitative estimate of drug-likeness (QED) is 0.630. The molecule has 0 spiro atoms. The number of carboxylic acids is 1. The van der Waals surface area contributed by atoms with Crippen LogP contribution in [0.5, 0.6) is 0 Å². The predicted molar refractivity (Wildman–Crippen MR) is 42.5 cm³/mol. The van der Waals surface area contributed by atoms with Crippen LogP contribution in [0.3, 0.4) is 0 Å². The highest BCUT2D eigenvalue weighted by Crippen LogP contribution is 2.08. The van der Waals surface area contributed by atoms with Crippen molar-refractivity contribution >= 4 is 5.97 Å². The van der Waals surface area contributed by atoms with E-state index in [0.29, 0.717) is 0 Å². The molecule has 1 unspecified atom stereocenters. The maximum atomic E-state index is 10.2. The van der Waals surface area contributed by atoms with Crippen LogP contribution in [0, 0.1) is 0 Å². The van der Waals surface area contributed by atoms with Gasteiger partial charge in [0.25, 0.3) is 0 Å². The zero-order chi connectivity index (χ0) is 8.85. The normalized spacial score (nSPS) is 14.6. The maximum Gasteiger partial charge on any atom is 0.328 e. The van der Waals surface area contributed by atoms with Gasteiger partial charge in [-0.1, -0.05) is 6.92 Å². The van der Waals surface area contributed by atoms with Crippen molar-refractivity contribution in [3.63, 3.8) is 0 Å². The first-order valence-corrected chi connectivity index (χ1v) is 3.55. The van der Waals surface area contributed by atoms with Gasteiger partial charge in [-0.15, -0.1) is 0 Å². The van der Waals surface area contributed by atoms with Gasteiger partial charge < -0.3 is 9.84 Å². The Labute approximate surface area is 66.7 Å². The lowest BCUT2D eigenvalue weighted by Gasteiger charge is -2.12. The minimum Gasteiger partial charge on any atom is -0.478 e. The van der Waals surface area contributed by atoms with E-state index in [2.05, 4.69) is 0 Å². The highest BCUT2D eigenvalue weighted by atomic mass is 16.5. The number of hydrogen-bond acceptors (Lipinski definition) is 2. The second-order valence-corrected chi connectivity index (χ2v) is 2.36. The number of carboxylic acid groups (broad SMARTS) is 1. The molecule has 0 radical (unpaired) electrons. The summed E-state index contributed by atoms with van der Waals surface area (Å²) < 4.78 is 5.03. The van der Waals surface area contributed by atoms with Gasteiger partial charge in [0.05, 0.1) is 6.10 Å². The number of ether oxygens (including phenoxy) is 1. The van der Waals surface area contributed by atoms with Crippen LogP contribution in [0.1, 0.15) is 20.3 Å². The Kier molecular flexibility index (Phi) is 4.54. The minimum atomic E-state index is -0.919. The van der Waals surface area contributed by atoms with Crippen molar-refractivity contribution < 1.29 is 14.6 Å². The monoisotopic (exact) mass is 158 g/mol. The fourth-order valence-electron chi connectivity index (χ4n) is 0.962. The van der Waals surface area contributed by atoms with Crippen LogP contribution in [0.2, 0.25) is 0 Å². The predicted octanol–water partition coefficient (Wildman–Crippen LogP) is 1.44. The molecule has 0 amide bonds. The molecule has 1 atom stereocenters. The molecule has 0 aromatic heterocycles. The van der Waals surface area contributed by atoms with Gasteiger partial charge >= 0.3 is 5.97 Å². The summed E-state index contributed by atoms with van der Waals surface area (Å²) in [6.45, 7) is 3.71. The van der Waals surface area contributed by atoms with Gasteiger partial charge in [0.1, 0.15) is 0 Å². The van der Waals surface area contributed by atoms with E-state index >= 15 is 0 Å². The van der Waals surface area contributed by atoms with Gasteiger partial charge in [-0.05, 0) is 18.9 Å². The average Bonchev–Trinajstić information content (AvgIpc) is 1.88. The molecular weight excluding hydrogens is 144 g/mol. The summed E-state index contributed by atoms with van der Waals surface area (Å²) in [4.78, 5) is 10.2. The lowest BCUT2D eigenvalue weighted by Crippen LogP contribution is -2.11. The largest absolute Gasteiger partial charge is 0.478 e. The summed E-state index contributed by atoms with van der Waals surface area (Å²) in [6, 6.07) is 0. The lowest BCUT2D eigenvalue weighted by atomic mass is 10.1. The first-order chi connectivity index (χ1) is 5.11. The third-order valence-corrected chi connectivity index (χ3v) is 1.51. The molecule has 0 saturated heterocycles. The molecule has 0 aromatic carbocycles. The minimum absolute atomic E-state index is 0.0638. The topological polar surface area (TPSA) is 46.5 Å². The van der Waals surface area contributed by atoms with Crippen molar-refractivity contribution in [2.75, 3.05) is 7.11 Å². The van der Waals surface area contributed by atoms with Crippen molar-refractivity contribution in [3.8, 4) is 0 Å². The molecule has 11 heavy (non-hydrogen) atoms. The number of aliphatic carboxylic acids is 1. The van der Waals surface area contributed by atoms with E-state index in [-0.39, 0.29) is 6.10 Å². The molecule has 64 valence electrons. The van der Waals surface area contributed by atoms with Crippen LogP contribution in [-0.4, -0.2) is 24.3 Å². The van der Waals surface area contributed by atoms with E-state index in [1.165, 1.54) is 6.08 Å². The van der Waals surface area contributed by atoms with E-state index in [0.717, 1.165) is 12.0 Å². The molecule has 0 aromatic rings. The van der Waals surface area contributed by atoms with Gasteiger partial charge in [0, 0.05) is 13.2 Å². The molecule has 0 heterocycles. The summed E-state index contributed by atoms with van der Waals surface area (Å²) in [6.07, 6.45) is 1.91. The van der Waals surface area contributed by atoms with Gasteiger partial charge in [-0.2, -0.15) is 0 Å². The van der Waals surface area contributed by atoms with E-state index in [1.54, 1.807) is 14.0 Å². The summed E-state index contributed by atoms with van der Waals surface area (Å²) in [5.74, 6) is -0.919. The Balaban J connectivity index is 4.18. The van der Waals surface area contributed by atoms with Gasteiger partial charge in [0.2, 0.25) is 0 Å². The van der Waals surface area contributed by atoms with Crippen molar-refractivity contribution in [3.05, 3.63) is 11.6 Å². The van der Waals surface area contributed by atoms with Crippen LogP contribution >= 0.6 is 0 Å². The highest BCUT2D eigenvalue weighted by molar-refractivity contribution is 5.80. The average molecular weight is 158 g/mol. The van der Waals surface area contributed by atoms with Gasteiger partial charge in [0.15, 0.2) is 0 Å². The zero-order valence-electron chi connectivity index (χ0n) is 7.13. The fourth-order valence-corrected chi connectivity index (χ4v) is 0.962. The second-order valence-electron chi connectivity index (χ2n) is 2.36. The van der Waals surface area contributed by atoms with Crippen LogP contribution < -0.4 is 0 Å². The van der Waals surface area contributed by atoms with Gasteiger partial charge in [-0.3, -0.25) is 0 Å². The molecular formula is C8H14O3. The molecule has 0 bridgehead atoms. The molecule has 0 fully saturated rings. The number of methoxy groups -OCH3 is 1. The SMILES string of the molecule is CCC(OC)/C(C)=C/C(=O)O. The van der Waals surface area contributed by atoms with Crippen LogP contribution in [-0.2, 0) is 9.53 Å². The van der Waals surface area contributed by atoms with E-state index in [9.17, 15) is 4.79 Å². The van der Waals surface area contributed by atoms with Crippen molar-refractivity contribution in [1.29, 1.82) is 0 Å². The highest BCUT2D eigenvalue weighted by Gasteiger charge is 2.06. The van der Waals surface area contributed by atoms with Crippen molar-refractivity contribution in [2.45, 2.75) is 26.4 Å². The lowest BCUT2D eigenvalue weighted by molar-refractivity contribution is -0.131. The van der Waals surface area contributed by atoms with Gasteiger partial charge in [-0.25, -0.2) is 4.79 Å². The summed E-state index contributed by atoms with van der Waals surface area (Å²) in [5.41, 5.74) is 0.752. The fraction of sp³-hybridized carbons (Fsp3) is 0.625. The first kappa shape index (κ1) is 10.2. The Morgan fingerprint density at radius 3 is 2.55 bits per heavy atom. The standard InChI is InChI=1S/C8H14O3/c1-4-7(11-3)6(2)5-8(9)10/h5,7H,4H2,1-3H3,(H,9,10)/b6-5+. The number of rotatable bonds is 4. The van der Waals surface area contributed by atoms with Crippen molar-refractivity contribution in [1.82, 2.24) is 0 Å². The Morgan fingerprint density at radius 1 is 1.73 bits per heavy atom. The Morgan fingerprint density at radius 2 is 2.27 bits per heavy atom. The Bertz CT molecular complexity index is 157. The van der Waals surface area contributed by atoms with Crippen LogP contribution in [0.25, 0.3) is 0 Å². The number of hydrogen-bond donors (Lipinski definition) is 1. The molecule has 0 rings (SSSR count). The summed E-state index contributed by atoms with van der Waals surface area (Å²) in [5, 5.41) is 8.39. The third-order valence-electron chi connectivity index (χ3n) is 1.51.